The van der Waals surface area contributed by atoms with Crippen molar-refractivity contribution >= 4 is 23.0 Å². The van der Waals surface area contributed by atoms with Crippen LogP contribution in [0.15, 0.2) is 36.4 Å². The van der Waals surface area contributed by atoms with Gasteiger partial charge < -0.3 is 10.4 Å². The van der Waals surface area contributed by atoms with Gasteiger partial charge in [0.1, 0.15) is 0 Å². The van der Waals surface area contributed by atoms with Gasteiger partial charge in [0.15, 0.2) is 0 Å². The van der Waals surface area contributed by atoms with Crippen LogP contribution >= 0.6 is 11.6 Å². The number of aliphatic hydroxyl groups is 1. The Bertz CT molecular complexity index is 672. The maximum Gasteiger partial charge on any atom is 0.273 e. The number of rotatable bonds is 6. The Morgan fingerprint density at radius 1 is 1.23 bits per heavy atom. The van der Waals surface area contributed by atoms with Crippen molar-refractivity contribution in [1.82, 2.24) is 0 Å². The van der Waals surface area contributed by atoms with Crippen molar-refractivity contribution in [3.63, 3.8) is 0 Å². The summed E-state index contributed by atoms with van der Waals surface area (Å²) >= 11 is 6.07. The molecule has 0 bridgehead atoms. The molecule has 0 atom stereocenters. The van der Waals surface area contributed by atoms with Gasteiger partial charge in [0.05, 0.1) is 22.2 Å². The smallest absolute Gasteiger partial charge is 0.273 e. The second-order valence-corrected chi connectivity index (χ2v) is 5.43. The lowest BCUT2D eigenvalue weighted by atomic mass is 10.1. The molecule has 0 amide bonds. The first-order valence-corrected chi connectivity index (χ1v) is 7.26. The Kier molecular flexibility index (Phi) is 5.35. The van der Waals surface area contributed by atoms with Crippen LogP contribution in [0.5, 0.6) is 0 Å². The topological polar surface area (TPSA) is 75.4 Å². The maximum absolute atomic E-state index is 10.8. The summed E-state index contributed by atoms with van der Waals surface area (Å²) in [6.45, 7) is 2.39. The van der Waals surface area contributed by atoms with Crippen LogP contribution in [0, 0.1) is 17.0 Å². The third kappa shape index (κ3) is 3.96. The number of nitrogens with zero attached hydrogens (tertiary/aromatic N) is 1. The fraction of sp³-hybridized carbons (Fsp3) is 0.250. The molecule has 0 aromatic heterocycles. The predicted octanol–water partition coefficient (Wildman–Crippen LogP) is 3.70. The largest absolute Gasteiger partial charge is 0.392 e. The minimum absolute atomic E-state index is 0.0233. The molecule has 116 valence electrons. The highest BCUT2D eigenvalue weighted by Crippen LogP contribution is 2.30. The average molecular weight is 321 g/mol. The summed E-state index contributed by atoms with van der Waals surface area (Å²) in [6.07, 6.45) is 0.790. The molecule has 0 aliphatic rings. The van der Waals surface area contributed by atoms with Gasteiger partial charge in [-0.2, -0.15) is 0 Å². The summed E-state index contributed by atoms with van der Waals surface area (Å²) < 4.78 is 0. The molecule has 0 aliphatic heterocycles. The van der Waals surface area contributed by atoms with E-state index < -0.39 is 4.92 Å². The first-order chi connectivity index (χ1) is 10.5. The third-order valence-electron chi connectivity index (χ3n) is 3.42. The number of nitrogens with one attached hydrogen (secondary N) is 1. The average Bonchev–Trinajstić information content (AvgIpc) is 2.50. The van der Waals surface area contributed by atoms with E-state index in [-0.39, 0.29) is 12.3 Å². The standard InChI is InChI=1S/C16H17ClN2O3/c1-11-8-15(14(17)9-16(11)19(21)22)18-7-6-12-2-4-13(10-20)5-3-12/h2-5,8-9,18,20H,6-7,10H2,1H3. The van der Waals surface area contributed by atoms with E-state index in [9.17, 15) is 10.1 Å². The first kappa shape index (κ1) is 16.3. The fourth-order valence-electron chi connectivity index (χ4n) is 2.16. The van der Waals surface area contributed by atoms with Crippen molar-refractivity contribution < 1.29 is 10.0 Å². The molecule has 0 aliphatic carbocycles. The molecule has 22 heavy (non-hydrogen) atoms. The molecule has 2 aromatic rings. The Hall–Kier alpha value is -2.11. The summed E-state index contributed by atoms with van der Waals surface area (Å²) in [5.74, 6) is 0. The van der Waals surface area contributed by atoms with Crippen LogP contribution in [-0.2, 0) is 13.0 Å². The molecule has 0 saturated heterocycles. The van der Waals surface area contributed by atoms with Gasteiger partial charge in [-0.3, -0.25) is 10.1 Å². The van der Waals surface area contributed by atoms with Gasteiger partial charge in [0, 0.05) is 18.2 Å². The SMILES string of the molecule is Cc1cc(NCCc2ccc(CO)cc2)c(Cl)cc1[N+](=O)[O-]. The molecule has 0 spiro atoms. The molecular formula is C16H17ClN2O3. The Morgan fingerprint density at radius 3 is 2.45 bits per heavy atom. The first-order valence-electron chi connectivity index (χ1n) is 6.88. The second kappa shape index (κ2) is 7.24. The van der Waals surface area contributed by atoms with Gasteiger partial charge in [0.2, 0.25) is 0 Å². The number of aliphatic hydroxyl groups excluding tert-OH is 1. The zero-order chi connectivity index (χ0) is 16.1. The molecule has 2 rings (SSSR count). The van der Waals surface area contributed by atoms with Crippen molar-refractivity contribution in [3.8, 4) is 0 Å². The number of nitro groups is 1. The number of hydrogen-bond acceptors (Lipinski definition) is 4. The number of benzene rings is 2. The lowest BCUT2D eigenvalue weighted by molar-refractivity contribution is -0.385. The van der Waals surface area contributed by atoms with E-state index >= 15 is 0 Å². The Morgan fingerprint density at radius 2 is 1.86 bits per heavy atom. The van der Waals surface area contributed by atoms with Crippen molar-refractivity contribution in [2.24, 2.45) is 0 Å². The minimum atomic E-state index is -0.437. The van der Waals surface area contributed by atoms with Gasteiger partial charge in [-0.15, -0.1) is 0 Å². The zero-order valence-corrected chi connectivity index (χ0v) is 12.9. The number of halogens is 1. The van der Waals surface area contributed by atoms with Gasteiger partial charge in [-0.05, 0) is 30.5 Å². The van der Waals surface area contributed by atoms with Crippen molar-refractivity contribution in [2.75, 3.05) is 11.9 Å². The molecule has 2 aromatic carbocycles. The molecule has 0 fully saturated rings. The van der Waals surface area contributed by atoms with E-state index in [2.05, 4.69) is 5.32 Å². The Balaban J connectivity index is 1.99. The molecule has 0 unspecified atom stereocenters. The van der Waals surface area contributed by atoms with Gasteiger partial charge >= 0.3 is 0 Å². The predicted molar refractivity (Wildman–Crippen MR) is 87.4 cm³/mol. The minimum Gasteiger partial charge on any atom is -0.392 e. The van der Waals surface area contributed by atoms with Gasteiger partial charge in [-0.25, -0.2) is 0 Å². The highest BCUT2D eigenvalue weighted by molar-refractivity contribution is 6.33. The summed E-state index contributed by atoms with van der Waals surface area (Å²) in [5, 5.41) is 23.4. The van der Waals surface area contributed by atoms with E-state index in [1.807, 2.05) is 24.3 Å². The molecule has 0 heterocycles. The Labute approximate surface area is 133 Å². The number of aryl methyl sites for hydroxylation is 1. The van der Waals surface area contributed by atoms with Crippen LogP contribution < -0.4 is 5.32 Å². The lowest BCUT2D eigenvalue weighted by Crippen LogP contribution is -2.06. The van der Waals surface area contributed by atoms with Gasteiger partial charge in [-0.1, -0.05) is 35.9 Å². The van der Waals surface area contributed by atoms with E-state index in [1.54, 1.807) is 13.0 Å². The normalized spacial score (nSPS) is 10.5. The van der Waals surface area contributed by atoms with Crippen LogP contribution in [0.3, 0.4) is 0 Å². The number of hydrogen-bond donors (Lipinski definition) is 2. The van der Waals surface area contributed by atoms with E-state index in [0.29, 0.717) is 22.8 Å². The van der Waals surface area contributed by atoms with E-state index in [1.165, 1.54) is 6.07 Å². The highest BCUT2D eigenvalue weighted by Gasteiger charge is 2.14. The highest BCUT2D eigenvalue weighted by atomic mass is 35.5. The quantitative estimate of drug-likeness (QED) is 0.628. The third-order valence-corrected chi connectivity index (χ3v) is 3.73. The monoisotopic (exact) mass is 320 g/mol. The van der Waals surface area contributed by atoms with Crippen molar-refractivity contribution in [1.29, 1.82) is 0 Å². The molecule has 0 radical (unpaired) electrons. The number of anilines is 1. The van der Waals surface area contributed by atoms with Crippen molar-refractivity contribution in [2.45, 2.75) is 20.0 Å². The zero-order valence-electron chi connectivity index (χ0n) is 12.2. The maximum atomic E-state index is 10.8. The molecule has 6 heteroatoms. The molecule has 0 saturated carbocycles. The molecular weight excluding hydrogens is 304 g/mol. The van der Waals surface area contributed by atoms with E-state index in [0.717, 1.165) is 17.5 Å². The summed E-state index contributed by atoms with van der Waals surface area (Å²) in [6, 6.07) is 10.8. The lowest BCUT2D eigenvalue weighted by Gasteiger charge is -2.10. The van der Waals surface area contributed by atoms with Crippen LogP contribution in [0.2, 0.25) is 5.02 Å². The van der Waals surface area contributed by atoms with Crippen LogP contribution in [-0.4, -0.2) is 16.6 Å². The number of nitro benzene ring substituents is 1. The van der Waals surface area contributed by atoms with Gasteiger partial charge in [0.25, 0.3) is 5.69 Å². The van der Waals surface area contributed by atoms with E-state index in [4.69, 9.17) is 16.7 Å². The summed E-state index contributed by atoms with van der Waals surface area (Å²) in [7, 11) is 0. The summed E-state index contributed by atoms with van der Waals surface area (Å²) in [4.78, 5) is 10.4. The summed E-state index contributed by atoms with van der Waals surface area (Å²) in [5.41, 5.74) is 3.31. The second-order valence-electron chi connectivity index (χ2n) is 5.03. The van der Waals surface area contributed by atoms with Crippen molar-refractivity contribution in [3.05, 3.63) is 68.2 Å². The molecule has 2 N–H and O–H groups in total. The van der Waals surface area contributed by atoms with Crippen LogP contribution in [0.25, 0.3) is 0 Å². The molecule has 5 nitrogen and oxygen atoms in total. The van der Waals surface area contributed by atoms with Crippen LogP contribution in [0.1, 0.15) is 16.7 Å². The van der Waals surface area contributed by atoms with Crippen LogP contribution in [0.4, 0.5) is 11.4 Å². The fourth-order valence-corrected chi connectivity index (χ4v) is 2.38.